The lowest BCUT2D eigenvalue weighted by atomic mass is 9.71. The Balaban J connectivity index is 2.50. The first-order valence-electron chi connectivity index (χ1n) is 6.98. The molecule has 98 valence electrons. The second kappa shape index (κ2) is 7.03. The summed E-state index contributed by atoms with van der Waals surface area (Å²) in [5, 5.41) is 3.68. The van der Waals surface area contributed by atoms with Gasteiger partial charge in [0, 0.05) is 25.0 Å². The standard InChI is InChI=1S/C15H28N2/c1-4-5-6-10-17-15(12-16)9-7-8-14(11-15)13(2)3/h13-14,17H,6-12,16H2,1-3H3. The van der Waals surface area contributed by atoms with Gasteiger partial charge in [-0.1, -0.05) is 26.7 Å². The van der Waals surface area contributed by atoms with Gasteiger partial charge in [0.25, 0.3) is 0 Å². The Hall–Kier alpha value is -0.520. The molecule has 3 N–H and O–H groups in total. The summed E-state index contributed by atoms with van der Waals surface area (Å²) in [6.07, 6.45) is 6.08. The van der Waals surface area contributed by atoms with Gasteiger partial charge in [-0.15, -0.1) is 11.8 Å². The molecular formula is C15H28N2. The van der Waals surface area contributed by atoms with E-state index in [2.05, 4.69) is 31.0 Å². The van der Waals surface area contributed by atoms with Crippen LogP contribution in [0.15, 0.2) is 0 Å². The fourth-order valence-electron chi connectivity index (χ4n) is 2.91. The van der Waals surface area contributed by atoms with Crippen LogP contribution in [0.1, 0.15) is 52.9 Å². The molecule has 1 aliphatic carbocycles. The second-order valence-corrected chi connectivity index (χ2v) is 5.69. The maximum absolute atomic E-state index is 6.02. The summed E-state index contributed by atoms with van der Waals surface area (Å²) in [5.74, 6) is 7.66. The molecule has 2 unspecified atom stereocenters. The molecular weight excluding hydrogens is 208 g/mol. The van der Waals surface area contributed by atoms with Gasteiger partial charge in [-0.2, -0.15) is 0 Å². The highest BCUT2D eigenvalue weighted by atomic mass is 15.0. The lowest BCUT2D eigenvalue weighted by molar-refractivity contribution is 0.154. The van der Waals surface area contributed by atoms with E-state index in [1.54, 1.807) is 0 Å². The molecule has 1 rings (SSSR count). The zero-order valence-corrected chi connectivity index (χ0v) is 11.7. The fourth-order valence-corrected chi connectivity index (χ4v) is 2.91. The average molecular weight is 236 g/mol. The van der Waals surface area contributed by atoms with Crippen molar-refractivity contribution in [3.05, 3.63) is 0 Å². The van der Waals surface area contributed by atoms with Crippen LogP contribution in [-0.2, 0) is 0 Å². The van der Waals surface area contributed by atoms with E-state index in [0.717, 1.165) is 31.3 Å². The molecule has 2 atom stereocenters. The first kappa shape index (κ1) is 14.5. The minimum absolute atomic E-state index is 0.183. The number of nitrogens with two attached hydrogens (primary N) is 1. The molecule has 0 radical (unpaired) electrons. The molecule has 2 heteroatoms. The van der Waals surface area contributed by atoms with E-state index in [4.69, 9.17) is 5.73 Å². The van der Waals surface area contributed by atoms with E-state index in [-0.39, 0.29) is 5.54 Å². The van der Waals surface area contributed by atoms with Crippen LogP contribution in [0.4, 0.5) is 0 Å². The zero-order chi connectivity index (χ0) is 12.7. The zero-order valence-electron chi connectivity index (χ0n) is 11.7. The van der Waals surface area contributed by atoms with Crippen LogP contribution in [-0.4, -0.2) is 18.6 Å². The molecule has 0 aromatic carbocycles. The quantitative estimate of drug-likeness (QED) is 0.568. The lowest BCUT2D eigenvalue weighted by Crippen LogP contribution is -2.54. The summed E-state index contributed by atoms with van der Waals surface area (Å²) >= 11 is 0. The predicted molar refractivity (Wildman–Crippen MR) is 74.7 cm³/mol. The van der Waals surface area contributed by atoms with Crippen LogP contribution in [0.2, 0.25) is 0 Å². The van der Waals surface area contributed by atoms with Crippen molar-refractivity contribution in [1.82, 2.24) is 5.32 Å². The van der Waals surface area contributed by atoms with Crippen molar-refractivity contribution in [2.24, 2.45) is 17.6 Å². The SMILES string of the molecule is CC#CCCNC1(CN)CCCC(C(C)C)C1. The van der Waals surface area contributed by atoms with Crippen LogP contribution >= 0.6 is 0 Å². The molecule has 0 spiro atoms. The Morgan fingerprint density at radius 3 is 2.82 bits per heavy atom. The molecule has 0 aromatic rings. The van der Waals surface area contributed by atoms with Crippen LogP contribution in [0, 0.1) is 23.7 Å². The van der Waals surface area contributed by atoms with Crippen molar-refractivity contribution >= 4 is 0 Å². The van der Waals surface area contributed by atoms with Gasteiger partial charge in [0.1, 0.15) is 0 Å². The van der Waals surface area contributed by atoms with Crippen molar-refractivity contribution in [1.29, 1.82) is 0 Å². The van der Waals surface area contributed by atoms with Crippen LogP contribution in [0.25, 0.3) is 0 Å². The largest absolute Gasteiger partial charge is 0.329 e. The van der Waals surface area contributed by atoms with Gasteiger partial charge in [0.15, 0.2) is 0 Å². The molecule has 17 heavy (non-hydrogen) atoms. The monoisotopic (exact) mass is 236 g/mol. The molecule has 0 aromatic heterocycles. The van der Waals surface area contributed by atoms with Crippen molar-refractivity contribution < 1.29 is 0 Å². The van der Waals surface area contributed by atoms with E-state index in [9.17, 15) is 0 Å². The summed E-state index contributed by atoms with van der Waals surface area (Å²) in [7, 11) is 0. The van der Waals surface area contributed by atoms with Gasteiger partial charge in [0.05, 0.1) is 0 Å². The van der Waals surface area contributed by atoms with E-state index in [0.29, 0.717) is 0 Å². The van der Waals surface area contributed by atoms with Crippen molar-refractivity contribution in [3.63, 3.8) is 0 Å². The highest BCUT2D eigenvalue weighted by Crippen LogP contribution is 2.35. The molecule has 1 fully saturated rings. The summed E-state index contributed by atoms with van der Waals surface area (Å²) < 4.78 is 0. The van der Waals surface area contributed by atoms with Gasteiger partial charge >= 0.3 is 0 Å². The number of hydrogen-bond acceptors (Lipinski definition) is 2. The summed E-state index contributed by atoms with van der Waals surface area (Å²) in [4.78, 5) is 0. The number of rotatable bonds is 5. The first-order chi connectivity index (χ1) is 8.13. The van der Waals surface area contributed by atoms with Gasteiger partial charge < -0.3 is 11.1 Å². The van der Waals surface area contributed by atoms with E-state index in [1.165, 1.54) is 25.7 Å². The molecule has 1 saturated carbocycles. The Labute approximate surface area is 107 Å². The van der Waals surface area contributed by atoms with E-state index >= 15 is 0 Å². The molecule has 0 bridgehead atoms. The summed E-state index contributed by atoms with van der Waals surface area (Å²) in [6.45, 7) is 8.30. The Morgan fingerprint density at radius 2 is 2.24 bits per heavy atom. The maximum Gasteiger partial charge on any atom is 0.0307 e. The highest BCUT2D eigenvalue weighted by molar-refractivity contribution is 4.99. The fraction of sp³-hybridized carbons (Fsp3) is 0.867. The topological polar surface area (TPSA) is 38.0 Å². The van der Waals surface area contributed by atoms with Crippen molar-refractivity contribution in [2.45, 2.75) is 58.4 Å². The molecule has 0 aliphatic heterocycles. The predicted octanol–water partition coefficient (Wildman–Crippen LogP) is 2.53. The minimum atomic E-state index is 0.183. The highest BCUT2D eigenvalue weighted by Gasteiger charge is 2.35. The third kappa shape index (κ3) is 4.33. The molecule has 0 heterocycles. The molecule has 0 amide bonds. The molecule has 2 nitrogen and oxygen atoms in total. The second-order valence-electron chi connectivity index (χ2n) is 5.69. The normalized spacial score (nSPS) is 28.9. The molecule has 0 saturated heterocycles. The first-order valence-corrected chi connectivity index (χ1v) is 6.98. The van der Waals surface area contributed by atoms with Crippen LogP contribution < -0.4 is 11.1 Å². The average Bonchev–Trinajstić information content (AvgIpc) is 2.35. The smallest absolute Gasteiger partial charge is 0.0307 e. The third-order valence-electron chi connectivity index (χ3n) is 4.14. The van der Waals surface area contributed by atoms with Crippen LogP contribution in [0.3, 0.4) is 0 Å². The third-order valence-corrected chi connectivity index (χ3v) is 4.14. The molecule has 1 aliphatic rings. The van der Waals surface area contributed by atoms with Crippen molar-refractivity contribution in [2.75, 3.05) is 13.1 Å². The number of nitrogens with one attached hydrogen (secondary N) is 1. The maximum atomic E-state index is 6.02. The van der Waals surface area contributed by atoms with Gasteiger partial charge in [0.2, 0.25) is 0 Å². The summed E-state index contributed by atoms with van der Waals surface area (Å²) in [6, 6.07) is 0. The van der Waals surface area contributed by atoms with Crippen molar-refractivity contribution in [3.8, 4) is 11.8 Å². The Bertz CT molecular complexity index is 274. The number of hydrogen-bond donors (Lipinski definition) is 2. The van der Waals surface area contributed by atoms with E-state index in [1.807, 2.05) is 6.92 Å². The Kier molecular flexibility index (Phi) is 6.02. The van der Waals surface area contributed by atoms with Gasteiger partial charge in [-0.3, -0.25) is 0 Å². The lowest BCUT2D eigenvalue weighted by Gasteiger charge is -2.42. The summed E-state index contributed by atoms with van der Waals surface area (Å²) in [5.41, 5.74) is 6.20. The van der Waals surface area contributed by atoms with Gasteiger partial charge in [-0.05, 0) is 31.6 Å². The Morgan fingerprint density at radius 1 is 1.47 bits per heavy atom. The van der Waals surface area contributed by atoms with Gasteiger partial charge in [-0.25, -0.2) is 0 Å². The van der Waals surface area contributed by atoms with Crippen LogP contribution in [0.5, 0.6) is 0 Å². The minimum Gasteiger partial charge on any atom is -0.329 e. The van der Waals surface area contributed by atoms with E-state index < -0.39 is 0 Å².